The fraction of sp³-hybridized carbons (Fsp3) is 0.812. The molecule has 7 atom stereocenters. The second-order valence-corrected chi connectivity index (χ2v) is 7.22. The normalized spacial score (nSPS) is 42.0. The van der Waals surface area contributed by atoms with Crippen molar-refractivity contribution in [3.8, 4) is 0 Å². The van der Waals surface area contributed by atoms with E-state index in [1.165, 1.54) is 6.08 Å². The highest BCUT2D eigenvalue weighted by Crippen LogP contribution is 2.45. The number of hydrogen-bond acceptors (Lipinski definition) is 7. The van der Waals surface area contributed by atoms with Crippen molar-refractivity contribution in [3.05, 3.63) is 12.7 Å². The van der Waals surface area contributed by atoms with Gasteiger partial charge in [0, 0.05) is 0 Å². The summed E-state index contributed by atoms with van der Waals surface area (Å²) in [4.78, 5) is 11.4. The number of ether oxygens (including phenoxy) is 5. The van der Waals surface area contributed by atoms with Crippen LogP contribution in [-0.2, 0) is 28.5 Å². The highest BCUT2D eigenvalue weighted by molar-refractivity contribution is 5.72. The standard InChI is InChI=1S/C16H24O8/c1-6-7(13(18)19)8(17)9-10-11(22-15(2,3)21-10)12-14(20-9)24-16(4,5)23-12/h6-12,14,17H,1H2,2-5H3,(H,18,19)/t7?,8-,9+,10-,11-,12+,14+/m0/s1. The number of aliphatic carboxylic acids is 1. The Morgan fingerprint density at radius 2 is 1.58 bits per heavy atom. The average Bonchev–Trinajstić information content (AvgIpc) is 2.92. The van der Waals surface area contributed by atoms with Crippen molar-refractivity contribution in [2.24, 2.45) is 5.92 Å². The number of aliphatic hydroxyl groups excluding tert-OH is 1. The van der Waals surface area contributed by atoms with Gasteiger partial charge in [0.15, 0.2) is 17.9 Å². The van der Waals surface area contributed by atoms with Crippen LogP contribution >= 0.6 is 0 Å². The lowest BCUT2D eigenvalue weighted by Gasteiger charge is -2.40. The zero-order valence-corrected chi connectivity index (χ0v) is 14.2. The minimum absolute atomic E-state index is 0.526. The average molecular weight is 344 g/mol. The van der Waals surface area contributed by atoms with Crippen molar-refractivity contribution < 1.29 is 38.7 Å². The van der Waals surface area contributed by atoms with Gasteiger partial charge in [-0.25, -0.2) is 0 Å². The minimum atomic E-state index is -1.36. The Bertz CT molecular complexity index is 530. The van der Waals surface area contributed by atoms with Gasteiger partial charge in [-0.2, -0.15) is 0 Å². The van der Waals surface area contributed by atoms with E-state index in [9.17, 15) is 15.0 Å². The summed E-state index contributed by atoms with van der Waals surface area (Å²) in [5, 5.41) is 19.8. The summed E-state index contributed by atoms with van der Waals surface area (Å²) in [6, 6.07) is 0. The molecular weight excluding hydrogens is 320 g/mol. The van der Waals surface area contributed by atoms with Crippen LogP contribution in [-0.4, -0.2) is 64.6 Å². The second-order valence-electron chi connectivity index (χ2n) is 7.22. The number of carbonyl (C=O) groups is 1. The molecule has 3 saturated heterocycles. The van der Waals surface area contributed by atoms with Crippen LogP contribution in [0.1, 0.15) is 27.7 Å². The first-order chi connectivity index (χ1) is 11.0. The summed E-state index contributed by atoms with van der Waals surface area (Å²) in [5.74, 6) is -4.17. The number of carboxylic acids is 1. The molecule has 0 bridgehead atoms. The van der Waals surface area contributed by atoms with Crippen LogP contribution in [0, 0.1) is 5.92 Å². The highest BCUT2D eigenvalue weighted by atomic mass is 16.9. The minimum Gasteiger partial charge on any atom is -0.481 e. The van der Waals surface area contributed by atoms with Crippen molar-refractivity contribution in [1.82, 2.24) is 0 Å². The van der Waals surface area contributed by atoms with Crippen LogP contribution in [0.25, 0.3) is 0 Å². The molecule has 0 spiro atoms. The van der Waals surface area contributed by atoms with Crippen molar-refractivity contribution in [2.75, 3.05) is 0 Å². The van der Waals surface area contributed by atoms with E-state index in [0.29, 0.717) is 0 Å². The third kappa shape index (κ3) is 2.98. The van der Waals surface area contributed by atoms with E-state index in [-0.39, 0.29) is 0 Å². The Labute approximate surface area is 140 Å². The molecule has 136 valence electrons. The van der Waals surface area contributed by atoms with E-state index >= 15 is 0 Å². The van der Waals surface area contributed by atoms with Crippen LogP contribution in [0.15, 0.2) is 12.7 Å². The summed E-state index contributed by atoms with van der Waals surface area (Å²) >= 11 is 0. The quantitative estimate of drug-likeness (QED) is 0.716. The SMILES string of the molecule is C=CC(C(=O)O)[C@H](O)[C@H]1O[C@@H]2OC(C)(C)O[C@@H]2[C@H]2OC(C)(C)O[C@H]21. The number of rotatable bonds is 4. The van der Waals surface area contributed by atoms with E-state index in [4.69, 9.17) is 23.7 Å². The first-order valence-corrected chi connectivity index (χ1v) is 7.95. The molecular formula is C16H24O8. The van der Waals surface area contributed by atoms with Gasteiger partial charge in [-0.15, -0.1) is 6.58 Å². The van der Waals surface area contributed by atoms with Crippen molar-refractivity contribution in [2.45, 2.75) is 76.1 Å². The fourth-order valence-corrected chi connectivity index (χ4v) is 3.51. The molecule has 2 N–H and O–H groups in total. The van der Waals surface area contributed by atoms with Gasteiger partial charge in [-0.05, 0) is 27.7 Å². The molecule has 0 aromatic carbocycles. The summed E-state index contributed by atoms with van der Waals surface area (Å²) in [6.07, 6.45) is -3.67. The van der Waals surface area contributed by atoms with Gasteiger partial charge in [0.2, 0.25) is 0 Å². The highest BCUT2D eigenvalue weighted by Gasteiger charge is 2.62. The molecule has 0 amide bonds. The largest absolute Gasteiger partial charge is 0.481 e. The molecule has 1 unspecified atom stereocenters. The fourth-order valence-electron chi connectivity index (χ4n) is 3.51. The molecule has 8 nitrogen and oxygen atoms in total. The first kappa shape index (κ1) is 17.8. The molecule has 0 radical (unpaired) electrons. The number of fused-ring (bicyclic) bond motifs is 3. The molecule has 0 aromatic heterocycles. The Morgan fingerprint density at radius 3 is 2.17 bits per heavy atom. The van der Waals surface area contributed by atoms with Crippen LogP contribution in [0.4, 0.5) is 0 Å². The predicted molar refractivity (Wildman–Crippen MR) is 79.9 cm³/mol. The lowest BCUT2D eigenvalue weighted by Crippen LogP contribution is -2.60. The monoisotopic (exact) mass is 344 g/mol. The maximum absolute atomic E-state index is 11.4. The number of hydrogen-bond donors (Lipinski definition) is 2. The topological polar surface area (TPSA) is 104 Å². The Morgan fingerprint density at radius 1 is 1.04 bits per heavy atom. The zero-order chi connectivity index (χ0) is 17.9. The van der Waals surface area contributed by atoms with Crippen LogP contribution in [0.2, 0.25) is 0 Å². The number of aliphatic hydroxyl groups is 1. The van der Waals surface area contributed by atoms with Gasteiger partial charge in [-0.1, -0.05) is 6.08 Å². The molecule has 0 saturated carbocycles. The van der Waals surface area contributed by atoms with Gasteiger partial charge in [-0.3, -0.25) is 4.79 Å². The maximum Gasteiger partial charge on any atom is 0.313 e. The second kappa shape index (κ2) is 5.76. The van der Waals surface area contributed by atoms with Gasteiger partial charge >= 0.3 is 5.97 Å². The van der Waals surface area contributed by atoms with Crippen LogP contribution in [0.3, 0.4) is 0 Å². The lowest BCUT2D eigenvalue weighted by atomic mass is 9.89. The van der Waals surface area contributed by atoms with E-state index < -0.39 is 60.3 Å². The van der Waals surface area contributed by atoms with Crippen LogP contribution in [0.5, 0.6) is 0 Å². The maximum atomic E-state index is 11.4. The van der Waals surface area contributed by atoms with Crippen molar-refractivity contribution >= 4 is 5.97 Å². The van der Waals surface area contributed by atoms with E-state index in [0.717, 1.165) is 0 Å². The number of carboxylic acid groups (broad SMARTS) is 1. The van der Waals surface area contributed by atoms with Gasteiger partial charge in [0.1, 0.15) is 30.3 Å². The predicted octanol–water partition coefficient (Wildman–Crippen LogP) is 0.631. The van der Waals surface area contributed by atoms with E-state index in [1.807, 2.05) is 0 Å². The Balaban J connectivity index is 1.90. The smallest absolute Gasteiger partial charge is 0.313 e. The molecule has 3 heterocycles. The first-order valence-electron chi connectivity index (χ1n) is 7.95. The Hall–Kier alpha value is -1.03. The molecule has 3 aliphatic rings. The molecule has 3 aliphatic heterocycles. The van der Waals surface area contributed by atoms with E-state index in [1.54, 1.807) is 27.7 Å². The Kier molecular flexibility index (Phi) is 4.26. The van der Waals surface area contributed by atoms with Crippen molar-refractivity contribution in [1.29, 1.82) is 0 Å². The third-order valence-corrected chi connectivity index (χ3v) is 4.43. The summed E-state index contributed by atoms with van der Waals surface area (Å²) in [5.41, 5.74) is 0. The summed E-state index contributed by atoms with van der Waals surface area (Å²) in [6.45, 7) is 10.5. The molecule has 8 heteroatoms. The van der Waals surface area contributed by atoms with E-state index in [2.05, 4.69) is 6.58 Å². The lowest BCUT2D eigenvalue weighted by molar-refractivity contribution is -0.256. The van der Waals surface area contributed by atoms with Gasteiger partial charge < -0.3 is 33.9 Å². The summed E-state index contributed by atoms with van der Waals surface area (Å²) in [7, 11) is 0. The molecule has 0 aliphatic carbocycles. The van der Waals surface area contributed by atoms with Gasteiger partial charge in [0.05, 0.1) is 6.10 Å². The molecule has 24 heavy (non-hydrogen) atoms. The zero-order valence-electron chi connectivity index (χ0n) is 14.2. The molecule has 3 fully saturated rings. The third-order valence-electron chi connectivity index (χ3n) is 4.43. The molecule has 0 aromatic rings. The summed E-state index contributed by atoms with van der Waals surface area (Å²) < 4.78 is 29.2. The van der Waals surface area contributed by atoms with Crippen molar-refractivity contribution in [3.63, 3.8) is 0 Å². The van der Waals surface area contributed by atoms with Crippen LogP contribution < -0.4 is 0 Å². The van der Waals surface area contributed by atoms with Gasteiger partial charge in [0.25, 0.3) is 0 Å². The molecule has 3 rings (SSSR count).